The fourth-order valence-corrected chi connectivity index (χ4v) is 6.23. The van der Waals surface area contributed by atoms with E-state index < -0.39 is 23.0 Å². The number of hydrogen-bond donors (Lipinski definition) is 1. The third-order valence-electron chi connectivity index (χ3n) is 7.50. The fraction of sp³-hybridized carbons (Fsp3) is 0.458. The second-order valence-electron chi connectivity index (χ2n) is 8.63. The zero-order valence-electron chi connectivity index (χ0n) is 17.5. The van der Waals surface area contributed by atoms with Crippen molar-refractivity contribution >= 4 is 28.3 Å². The maximum absolute atomic E-state index is 13.8. The quantitative estimate of drug-likeness (QED) is 0.746. The van der Waals surface area contributed by atoms with Gasteiger partial charge in [-0.15, -0.1) is 0 Å². The summed E-state index contributed by atoms with van der Waals surface area (Å²) in [5.74, 6) is -1.92. The van der Waals surface area contributed by atoms with Gasteiger partial charge >= 0.3 is 0 Å². The molecular weight excluding hydrogens is 396 g/mol. The maximum Gasteiger partial charge on any atom is 0.240 e. The lowest BCUT2D eigenvalue weighted by molar-refractivity contribution is -0.139. The van der Waals surface area contributed by atoms with Crippen LogP contribution in [-0.4, -0.2) is 47.9 Å². The van der Waals surface area contributed by atoms with Crippen LogP contribution in [0.15, 0.2) is 36.4 Å². The van der Waals surface area contributed by atoms with Crippen LogP contribution >= 0.6 is 0 Å². The molecule has 0 radical (unpaired) electrons. The van der Waals surface area contributed by atoms with Crippen LogP contribution in [0.5, 0.6) is 0 Å². The summed E-state index contributed by atoms with van der Waals surface area (Å²) in [7, 11) is 1.60. The van der Waals surface area contributed by atoms with Crippen LogP contribution in [0.4, 0.5) is 5.69 Å². The molecule has 3 heterocycles. The number of aliphatic hydroxyl groups is 1. The first kappa shape index (κ1) is 20.1. The largest absolute Gasteiger partial charge is 0.396 e. The van der Waals surface area contributed by atoms with Crippen molar-refractivity contribution in [1.29, 1.82) is 5.26 Å². The van der Waals surface area contributed by atoms with Crippen LogP contribution in [0.3, 0.4) is 0 Å². The number of imide groups is 1. The molecule has 7 nitrogen and oxygen atoms in total. The van der Waals surface area contributed by atoms with Crippen molar-refractivity contribution in [3.8, 4) is 6.07 Å². The number of nitriles is 1. The molecule has 7 heteroatoms. The predicted molar refractivity (Wildman–Crippen MR) is 112 cm³/mol. The normalized spacial score (nSPS) is 33.9. The van der Waals surface area contributed by atoms with Crippen molar-refractivity contribution in [2.24, 2.45) is 11.8 Å². The number of ether oxygens (including phenoxy) is 2. The van der Waals surface area contributed by atoms with Gasteiger partial charge in [-0.3, -0.25) is 9.59 Å². The summed E-state index contributed by atoms with van der Waals surface area (Å²) in [4.78, 5) is 28.8. The molecule has 2 bridgehead atoms. The van der Waals surface area contributed by atoms with Crippen LogP contribution < -0.4 is 4.90 Å². The van der Waals surface area contributed by atoms with Crippen LogP contribution in [0, 0.1) is 23.2 Å². The minimum Gasteiger partial charge on any atom is -0.396 e. The van der Waals surface area contributed by atoms with Crippen LogP contribution in [0.1, 0.15) is 31.7 Å². The lowest BCUT2D eigenvalue weighted by atomic mass is 9.64. The molecule has 2 amide bonds. The number of carbonyl (C=O) groups excluding carboxylic acids is 2. The van der Waals surface area contributed by atoms with Gasteiger partial charge in [0, 0.05) is 37.3 Å². The first-order chi connectivity index (χ1) is 15.0. The summed E-state index contributed by atoms with van der Waals surface area (Å²) < 4.78 is 12.2. The molecular formula is C24H24N2O5. The monoisotopic (exact) mass is 420 g/mol. The Balaban J connectivity index is 1.68. The van der Waals surface area contributed by atoms with Gasteiger partial charge in [-0.05, 0) is 18.6 Å². The first-order valence-electron chi connectivity index (χ1n) is 10.6. The van der Waals surface area contributed by atoms with Gasteiger partial charge in [0.2, 0.25) is 11.8 Å². The number of aliphatic hydroxyl groups excluding tert-OH is 1. The van der Waals surface area contributed by atoms with Gasteiger partial charge in [0.15, 0.2) is 0 Å². The van der Waals surface area contributed by atoms with E-state index in [0.29, 0.717) is 34.9 Å². The topological polar surface area (TPSA) is 99.9 Å². The van der Waals surface area contributed by atoms with Crippen LogP contribution in [-0.2, 0) is 19.1 Å². The van der Waals surface area contributed by atoms with Crippen molar-refractivity contribution < 1.29 is 24.2 Å². The Morgan fingerprint density at radius 2 is 1.90 bits per heavy atom. The van der Waals surface area contributed by atoms with E-state index in [9.17, 15) is 20.0 Å². The smallest absolute Gasteiger partial charge is 0.240 e. The Labute approximate surface area is 180 Å². The number of anilines is 1. The van der Waals surface area contributed by atoms with Crippen molar-refractivity contribution in [2.75, 3.05) is 18.6 Å². The zero-order chi connectivity index (χ0) is 22.0. The first-order valence-corrected chi connectivity index (χ1v) is 10.6. The van der Waals surface area contributed by atoms with Gasteiger partial charge in [-0.1, -0.05) is 31.2 Å². The molecule has 2 aromatic carbocycles. The summed E-state index contributed by atoms with van der Waals surface area (Å²) in [6, 6.07) is 12.8. The number of methoxy groups -OCH3 is 1. The van der Waals surface area contributed by atoms with Gasteiger partial charge in [0.25, 0.3) is 0 Å². The molecule has 5 atom stereocenters. The number of amides is 2. The molecule has 2 aromatic rings. The average Bonchev–Trinajstić information content (AvgIpc) is 3.37. The van der Waals surface area contributed by atoms with Crippen molar-refractivity contribution in [3.63, 3.8) is 0 Å². The molecule has 5 rings (SSSR count). The lowest BCUT2D eigenvalue weighted by Gasteiger charge is -2.36. The van der Waals surface area contributed by atoms with Crippen molar-refractivity contribution in [2.45, 2.75) is 43.5 Å². The lowest BCUT2D eigenvalue weighted by Crippen LogP contribution is -2.51. The number of benzene rings is 2. The van der Waals surface area contributed by atoms with E-state index in [1.54, 1.807) is 19.2 Å². The average molecular weight is 420 g/mol. The predicted octanol–water partition coefficient (Wildman–Crippen LogP) is 2.54. The molecule has 0 unspecified atom stereocenters. The van der Waals surface area contributed by atoms with Crippen molar-refractivity contribution in [1.82, 2.24) is 0 Å². The molecule has 3 aliphatic rings. The molecule has 3 saturated heterocycles. The Kier molecular flexibility index (Phi) is 4.45. The third kappa shape index (κ3) is 2.38. The molecule has 3 aliphatic heterocycles. The fourth-order valence-electron chi connectivity index (χ4n) is 6.23. The summed E-state index contributed by atoms with van der Waals surface area (Å²) in [5, 5.41) is 20.6. The van der Waals surface area contributed by atoms with Crippen LogP contribution in [0.25, 0.3) is 10.8 Å². The van der Waals surface area contributed by atoms with Crippen LogP contribution in [0.2, 0.25) is 0 Å². The zero-order valence-corrected chi connectivity index (χ0v) is 17.5. The van der Waals surface area contributed by atoms with E-state index in [4.69, 9.17) is 9.47 Å². The highest BCUT2D eigenvalue weighted by molar-refractivity contribution is 6.26. The van der Waals surface area contributed by atoms with E-state index in [0.717, 1.165) is 0 Å². The Morgan fingerprint density at radius 3 is 2.55 bits per heavy atom. The number of rotatable bonds is 5. The molecule has 1 N–H and O–H groups in total. The molecule has 0 aromatic heterocycles. The van der Waals surface area contributed by atoms with E-state index in [1.165, 1.54) is 4.90 Å². The summed E-state index contributed by atoms with van der Waals surface area (Å²) in [6.45, 7) is 1.81. The second-order valence-corrected chi connectivity index (χ2v) is 8.63. The molecule has 160 valence electrons. The number of hydrogen-bond acceptors (Lipinski definition) is 6. The SMILES string of the molecule is CC[C@]12O[C@](CCO)(C[C@@H]1OC)[C@H]1C(=O)N(c3ccc(C#N)c4ccccc34)C(=O)[C@H]12. The Morgan fingerprint density at radius 1 is 1.19 bits per heavy atom. The third-order valence-corrected chi connectivity index (χ3v) is 7.50. The number of nitrogens with zero attached hydrogens (tertiary/aromatic N) is 2. The maximum atomic E-state index is 13.8. The minimum atomic E-state index is -0.917. The summed E-state index contributed by atoms with van der Waals surface area (Å²) in [6.07, 6.45) is 0.956. The van der Waals surface area contributed by atoms with Gasteiger partial charge in [0.1, 0.15) is 5.60 Å². The molecule has 31 heavy (non-hydrogen) atoms. The highest BCUT2D eigenvalue weighted by Gasteiger charge is 2.78. The highest BCUT2D eigenvalue weighted by Crippen LogP contribution is 2.64. The summed E-state index contributed by atoms with van der Waals surface area (Å²) >= 11 is 0. The van der Waals surface area contributed by atoms with Crippen molar-refractivity contribution in [3.05, 3.63) is 42.0 Å². The minimum absolute atomic E-state index is 0.138. The summed E-state index contributed by atoms with van der Waals surface area (Å²) in [5.41, 5.74) is -0.834. The van der Waals surface area contributed by atoms with E-state index in [2.05, 4.69) is 6.07 Å². The highest BCUT2D eigenvalue weighted by atomic mass is 16.6. The molecule has 0 saturated carbocycles. The van der Waals surface area contributed by atoms with Gasteiger partial charge < -0.3 is 14.6 Å². The van der Waals surface area contributed by atoms with E-state index >= 15 is 0 Å². The molecule has 3 fully saturated rings. The van der Waals surface area contributed by atoms with E-state index in [-0.39, 0.29) is 30.9 Å². The molecule has 0 spiro atoms. The van der Waals surface area contributed by atoms with Gasteiger partial charge in [0.05, 0.1) is 40.9 Å². The number of fused-ring (bicyclic) bond motifs is 6. The van der Waals surface area contributed by atoms with E-state index in [1.807, 2.05) is 31.2 Å². The van der Waals surface area contributed by atoms with Gasteiger partial charge in [-0.25, -0.2) is 4.90 Å². The van der Waals surface area contributed by atoms with Gasteiger partial charge in [-0.2, -0.15) is 5.26 Å². The Hall–Kier alpha value is -2.79. The Bertz CT molecular complexity index is 1140. The standard InChI is InChI=1S/C24H24N2O5/c1-3-24-18(30-2)12-23(31-24,10-11-27)19-20(24)22(29)26(21(19)28)17-9-8-14(13-25)15-6-4-5-7-16(15)17/h4-9,18-20,27H,3,10-12H2,1-2H3/t18-,19+,20-,23+,24-/m0/s1. The molecule has 0 aliphatic carbocycles. The second kappa shape index (κ2) is 6.86. The number of carbonyl (C=O) groups is 2.